The molecule has 0 saturated carbocycles. The van der Waals surface area contributed by atoms with E-state index in [1.807, 2.05) is 0 Å². The fourth-order valence-electron chi connectivity index (χ4n) is 0.793. The number of β-amino-alcohol motifs (C(OH)–C–C–N with tert-alkyl or cyclic N) is 1. The van der Waals surface area contributed by atoms with E-state index in [0.717, 1.165) is 0 Å². The van der Waals surface area contributed by atoms with Crippen molar-refractivity contribution in [3.8, 4) is 0 Å². The van der Waals surface area contributed by atoms with Gasteiger partial charge in [0.15, 0.2) is 0 Å². The lowest BCUT2D eigenvalue weighted by molar-refractivity contribution is -0.156. The minimum absolute atomic E-state index is 0.170. The van der Waals surface area contributed by atoms with Crippen molar-refractivity contribution >= 4 is 5.97 Å². The summed E-state index contributed by atoms with van der Waals surface area (Å²) in [6.07, 6.45) is -0.542. The first-order valence-electron chi connectivity index (χ1n) is 2.96. The van der Waals surface area contributed by atoms with Gasteiger partial charge in [-0.25, -0.2) is 0 Å². The van der Waals surface area contributed by atoms with Crippen LogP contribution in [0.25, 0.3) is 0 Å². The Bertz CT molecular complexity index is 138. The van der Waals surface area contributed by atoms with E-state index in [1.165, 1.54) is 5.06 Å². The maximum atomic E-state index is 10.1. The summed E-state index contributed by atoms with van der Waals surface area (Å²) in [5.74, 6) is -0.950. The third kappa shape index (κ3) is 1.94. The number of nitrogens with zero attached hydrogens (tertiary/aromatic N) is 1. The average Bonchev–Trinajstić information content (AvgIpc) is 2.13. The molecular formula is C5H9NO4. The molecule has 0 aromatic heterocycles. The summed E-state index contributed by atoms with van der Waals surface area (Å²) in [6.45, 7) is 0.316. The van der Waals surface area contributed by atoms with Gasteiger partial charge in [-0.3, -0.25) is 9.63 Å². The van der Waals surface area contributed by atoms with Gasteiger partial charge in [0, 0.05) is 0 Å². The Morgan fingerprint density at radius 1 is 1.80 bits per heavy atom. The Morgan fingerprint density at radius 3 is 2.90 bits per heavy atom. The van der Waals surface area contributed by atoms with Gasteiger partial charge in [0.2, 0.25) is 0 Å². The van der Waals surface area contributed by atoms with Crippen molar-refractivity contribution in [2.45, 2.75) is 6.10 Å². The van der Waals surface area contributed by atoms with Gasteiger partial charge in [0.1, 0.15) is 6.54 Å². The van der Waals surface area contributed by atoms with Gasteiger partial charge in [-0.1, -0.05) is 0 Å². The molecule has 58 valence electrons. The van der Waals surface area contributed by atoms with Crippen molar-refractivity contribution in [2.24, 2.45) is 0 Å². The van der Waals surface area contributed by atoms with Crippen molar-refractivity contribution < 1.29 is 19.8 Å². The van der Waals surface area contributed by atoms with Gasteiger partial charge in [-0.05, 0) is 0 Å². The van der Waals surface area contributed by atoms with E-state index in [-0.39, 0.29) is 19.7 Å². The molecule has 1 saturated heterocycles. The number of hydrogen-bond donors (Lipinski definition) is 2. The zero-order chi connectivity index (χ0) is 7.56. The van der Waals surface area contributed by atoms with Crippen molar-refractivity contribution in [3.63, 3.8) is 0 Å². The number of hydrogen-bond acceptors (Lipinski definition) is 4. The molecule has 1 aliphatic rings. The van der Waals surface area contributed by atoms with Crippen LogP contribution in [0.1, 0.15) is 0 Å². The minimum Gasteiger partial charge on any atom is -0.480 e. The Labute approximate surface area is 57.8 Å². The van der Waals surface area contributed by atoms with Gasteiger partial charge in [-0.15, -0.1) is 0 Å². The fraction of sp³-hybridized carbons (Fsp3) is 0.800. The summed E-state index contributed by atoms with van der Waals surface area (Å²) in [6, 6.07) is 0. The van der Waals surface area contributed by atoms with E-state index in [4.69, 9.17) is 15.1 Å². The molecule has 5 heteroatoms. The van der Waals surface area contributed by atoms with E-state index in [0.29, 0.717) is 0 Å². The van der Waals surface area contributed by atoms with Crippen LogP contribution in [0.5, 0.6) is 0 Å². The van der Waals surface area contributed by atoms with Crippen molar-refractivity contribution in [1.82, 2.24) is 5.06 Å². The molecule has 0 aliphatic carbocycles. The predicted octanol–water partition coefficient (Wildman–Crippen LogP) is -1.32. The number of carboxylic acids is 1. The number of aliphatic hydroxyl groups excluding tert-OH is 1. The van der Waals surface area contributed by atoms with Crippen LogP contribution < -0.4 is 0 Å². The van der Waals surface area contributed by atoms with E-state index in [2.05, 4.69) is 0 Å². The molecule has 0 spiro atoms. The molecule has 2 N–H and O–H groups in total. The Hall–Kier alpha value is -0.650. The topological polar surface area (TPSA) is 70.0 Å². The molecule has 1 atom stereocenters. The number of aliphatic hydroxyl groups is 1. The lowest BCUT2D eigenvalue weighted by Gasteiger charge is -2.08. The standard InChI is InChI=1S/C5H9NO4/c7-4-1-6(10-3-4)2-5(8)9/h4,7H,1-3H2,(H,8,9)/t4-/m0/s1. The van der Waals surface area contributed by atoms with Crippen LogP contribution >= 0.6 is 0 Å². The van der Waals surface area contributed by atoms with Crippen molar-refractivity contribution in [2.75, 3.05) is 19.7 Å². The van der Waals surface area contributed by atoms with Gasteiger partial charge in [-0.2, -0.15) is 5.06 Å². The number of carboxylic acid groups (broad SMARTS) is 1. The second-order valence-corrected chi connectivity index (χ2v) is 2.17. The third-order valence-electron chi connectivity index (χ3n) is 1.18. The van der Waals surface area contributed by atoms with Crippen LogP contribution in [0.2, 0.25) is 0 Å². The molecule has 0 unspecified atom stereocenters. The average molecular weight is 147 g/mol. The number of rotatable bonds is 2. The maximum Gasteiger partial charge on any atom is 0.320 e. The highest BCUT2D eigenvalue weighted by molar-refractivity contribution is 5.68. The van der Waals surface area contributed by atoms with Gasteiger partial charge >= 0.3 is 5.97 Å². The third-order valence-corrected chi connectivity index (χ3v) is 1.18. The van der Waals surface area contributed by atoms with Crippen LogP contribution in [0, 0.1) is 0 Å². The molecule has 10 heavy (non-hydrogen) atoms. The molecule has 0 bridgehead atoms. The van der Waals surface area contributed by atoms with Crippen LogP contribution in [-0.4, -0.2) is 47.0 Å². The van der Waals surface area contributed by atoms with E-state index < -0.39 is 12.1 Å². The maximum absolute atomic E-state index is 10.1. The summed E-state index contributed by atoms with van der Waals surface area (Å²) >= 11 is 0. The van der Waals surface area contributed by atoms with Crippen LogP contribution in [0.4, 0.5) is 0 Å². The molecule has 0 amide bonds. The second kappa shape index (κ2) is 2.96. The largest absolute Gasteiger partial charge is 0.480 e. The first kappa shape index (κ1) is 7.46. The van der Waals surface area contributed by atoms with Crippen molar-refractivity contribution in [3.05, 3.63) is 0 Å². The number of aliphatic carboxylic acids is 1. The molecule has 1 fully saturated rings. The van der Waals surface area contributed by atoms with Crippen LogP contribution in [-0.2, 0) is 9.63 Å². The molecular weight excluding hydrogens is 138 g/mol. The molecule has 0 aromatic carbocycles. The van der Waals surface area contributed by atoms with Gasteiger partial charge < -0.3 is 10.2 Å². The molecule has 1 aliphatic heterocycles. The quantitative estimate of drug-likeness (QED) is 0.507. The summed E-state index contributed by atoms with van der Waals surface area (Å²) in [4.78, 5) is 14.8. The highest BCUT2D eigenvalue weighted by Crippen LogP contribution is 2.03. The van der Waals surface area contributed by atoms with Gasteiger partial charge in [0.05, 0.1) is 19.3 Å². The summed E-state index contributed by atoms with van der Waals surface area (Å²) in [5.41, 5.74) is 0. The predicted molar refractivity (Wildman–Crippen MR) is 31.2 cm³/mol. The molecule has 0 radical (unpaired) electrons. The minimum atomic E-state index is -0.950. The van der Waals surface area contributed by atoms with Crippen molar-refractivity contribution in [1.29, 1.82) is 0 Å². The molecule has 1 rings (SSSR count). The van der Waals surface area contributed by atoms with Crippen LogP contribution in [0.3, 0.4) is 0 Å². The lowest BCUT2D eigenvalue weighted by atomic mass is 10.4. The zero-order valence-electron chi connectivity index (χ0n) is 5.36. The number of hydroxylamine groups is 2. The Balaban J connectivity index is 2.24. The molecule has 1 heterocycles. The highest BCUT2D eigenvalue weighted by Gasteiger charge is 2.22. The fourth-order valence-corrected chi connectivity index (χ4v) is 0.793. The highest BCUT2D eigenvalue weighted by atomic mass is 16.7. The van der Waals surface area contributed by atoms with E-state index in [9.17, 15) is 4.79 Å². The summed E-state index contributed by atoms with van der Waals surface area (Å²) < 4.78 is 0. The SMILES string of the molecule is O=C(O)CN1C[C@H](O)CO1. The lowest BCUT2D eigenvalue weighted by Crippen LogP contribution is -2.27. The number of carbonyl (C=O) groups is 1. The Morgan fingerprint density at radius 2 is 2.50 bits per heavy atom. The Kier molecular flexibility index (Phi) is 2.21. The van der Waals surface area contributed by atoms with Crippen LogP contribution in [0.15, 0.2) is 0 Å². The first-order valence-corrected chi connectivity index (χ1v) is 2.96. The van der Waals surface area contributed by atoms with E-state index in [1.54, 1.807) is 0 Å². The summed E-state index contributed by atoms with van der Waals surface area (Å²) in [5, 5.41) is 18.3. The summed E-state index contributed by atoms with van der Waals surface area (Å²) in [7, 11) is 0. The van der Waals surface area contributed by atoms with E-state index >= 15 is 0 Å². The second-order valence-electron chi connectivity index (χ2n) is 2.17. The zero-order valence-corrected chi connectivity index (χ0v) is 5.36. The molecule has 0 aromatic rings. The first-order chi connectivity index (χ1) is 4.68. The smallest absolute Gasteiger partial charge is 0.320 e. The normalized spacial score (nSPS) is 27.1. The monoisotopic (exact) mass is 147 g/mol. The molecule has 5 nitrogen and oxygen atoms in total. The van der Waals surface area contributed by atoms with Gasteiger partial charge in [0.25, 0.3) is 0 Å².